The van der Waals surface area contributed by atoms with Crippen LogP contribution in [0.5, 0.6) is 0 Å². The molecule has 2 fully saturated rings. The summed E-state index contributed by atoms with van der Waals surface area (Å²) in [6.07, 6.45) is 1.36. The van der Waals surface area contributed by atoms with Crippen LogP contribution < -0.4 is 0 Å². The monoisotopic (exact) mass is 268 g/mol. The van der Waals surface area contributed by atoms with Gasteiger partial charge in [0, 0.05) is 22.7 Å². The molecule has 0 saturated carbocycles. The summed E-state index contributed by atoms with van der Waals surface area (Å²) in [4.78, 5) is 0. The Labute approximate surface area is 101 Å². The Balaban J connectivity index is 2.15. The molecule has 2 saturated heterocycles. The molecule has 0 N–H and O–H groups in total. The molecule has 0 aliphatic carbocycles. The molecule has 0 aromatic carbocycles. The van der Waals surface area contributed by atoms with Gasteiger partial charge in [-0.15, -0.1) is 0 Å². The quantitative estimate of drug-likeness (QED) is 0.713. The molecule has 2 aliphatic rings. The minimum absolute atomic E-state index is 0.117. The van der Waals surface area contributed by atoms with Gasteiger partial charge in [-0.1, -0.05) is 0 Å². The van der Waals surface area contributed by atoms with E-state index in [0.717, 1.165) is 12.8 Å². The molecule has 2 heterocycles. The topological polar surface area (TPSA) is 52.6 Å². The minimum Gasteiger partial charge on any atom is -0.376 e. The Morgan fingerprint density at radius 2 is 2.12 bits per heavy atom. The maximum Gasteiger partial charge on any atom is 0.235 e. The second-order valence-corrected chi connectivity index (χ2v) is 8.22. The first-order valence-corrected chi connectivity index (χ1v) is 7.88. The van der Waals surface area contributed by atoms with Gasteiger partial charge in [-0.05, 0) is 26.7 Å². The molecule has 94 valence electrons. The summed E-state index contributed by atoms with van der Waals surface area (Å²) in [6.45, 7) is 5.20. The molecule has 0 aromatic heterocycles. The van der Waals surface area contributed by atoms with Crippen molar-refractivity contribution in [1.29, 1.82) is 0 Å². The molecular formula is C10H17ClO4S. The number of hydrogen-bond donors (Lipinski definition) is 0. The van der Waals surface area contributed by atoms with Crippen molar-refractivity contribution >= 4 is 19.7 Å². The SMILES string of the molecule is CC1(C)CC2(CCOC2CS(=O)(=O)Cl)CO1. The van der Waals surface area contributed by atoms with Gasteiger partial charge >= 0.3 is 0 Å². The number of halogens is 1. The van der Waals surface area contributed by atoms with Gasteiger partial charge in [0.1, 0.15) is 0 Å². The van der Waals surface area contributed by atoms with E-state index < -0.39 is 9.05 Å². The highest BCUT2D eigenvalue weighted by Gasteiger charge is 2.53. The fourth-order valence-corrected chi connectivity index (χ4v) is 3.96. The van der Waals surface area contributed by atoms with Crippen LogP contribution in [0.1, 0.15) is 26.7 Å². The van der Waals surface area contributed by atoms with Gasteiger partial charge in [-0.25, -0.2) is 8.42 Å². The maximum atomic E-state index is 11.1. The molecule has 1 spiro atoms. The lowest BCUT2D eigenvalue weighted by Gasteiger charge is -2.28. The first-order valence-electron chi connectivity index (χ1n) is 5.40. The summed E-state index contributed by atoms with van der Waals surface area (Å²) >= 11 is 0. The fourth-order valence-electron chi connectivity index (χ4n) is 2.80. The van der Waals surface area contributed by atoms with Crippen LogP contribution in [0.2, 0.25) is 0 Å². The van der Waals surface area contributed by atoms with Crippen LogP contribution in [0.15, 0.2) is 0 Å². The molecule has 2 aliphatic heterocycles. The van der Waals surface area contributed by atoms with Gasteiger partial charge < -0.3 is 9.47 Å². The highest BCUT2D eigenvalue weighted by Crippen LogP contribution is 2.48. The molecule has 0 radical (unpaired) electrons. The van der Waals surface area contributed by atoms with E-state index in [1.54, 1.807) is 0 Å². The zero-order chi connectivity index (χ0) is 12.0. The lowest BCUT2D eigenvalue weighted by Crippen LogP contribution is -2.36. The summed E-state index contributed by atoms with van der Waals surface area (Å²) in [5.74, 6) is -0.117. The number of ether oxygens (including phenoxy) is 2. The summed E-state index contributed by atoms with van der Waals surface area (Å²) in [6, 6.07) is 0. The Kier molecular flexibility index (Phi) is 3.02. The van der Waals surface area contributed by atoms with Crippen LogP contribution in [0.25, 0.3) is 0 Å². The fraction of sp³-hybridized carbons (Fsp3) is 1.00. The minimum atomic E-state index is -3.52. The molecule has 4 nitrogen and oxygen atoms in total. The summed E-state index contributed by atoms with van der Waals surface area (Å²) < 4.78 is 33.5. The van der Waals surface area contributed by atoms with Crippen molar-refractivity contribution in [2.45, 2.75) is 38.4 Å². The Bertz CT molecular complexity index is 378. The van der Waals surface area contributed by atoms with Crippen molar-refractivity contribution in [3.8, 4) is 0 Å². The maximum absolute atomic E-state index is 11.1. The van der Waals surface area contributed by atoms with Gasteiger partial charge in [-0.2, -0.15) is 0 Å². The highest BCUT2D eigenvalue weighted by molar-refractivity contribution is 8.13. The molecule has 2 unspecified atom stereocenters. The van der Waals surface area contributed by atoms with Gasteiger partial charge in [0.15, 0.2) is 0 Å². The van der Waals surface area contributed by atoms with E-state index in [0.29, 0.717) is 13.2 Å². The van der Waals surface area contributed by atoms with Crippen LogP contribution in [0.3, 0.4) is 0 Å². The van der Waals surface area contributed by atoms with Crippen molar-refractivity contribution in [1.82, 2.24) is 0 Å². The Morgan fingerprint density at radius 3 is 2.62 bits per heavy atom. The lowest BCUT2D eigenvalue weighted by atomic mass is 9.77. The van der Waals surface area contributed by atoms with Crippen LogP contribution in [0, 0.1) is 5.41 Å². The summed E-state index contributed by atoms with van der Waals surface area (Å²) in [5, 5.41) is 0. The lowest BCUT2D eigenvalue weighted by molar-refractivity contribution is 0.0224. The van der Waals surface area contributed by atoms with E-state index in [9.17, 15) is 8.42 Å². The average Bonchev–Trinajstić information content (AvgIpc) is 2.56. The second-order valence-electron chi connectivity index (χ2n) is 5.40. The molecule has 0 amide bonds. The Morgan fingerprint density at radius 1 is 1.44 bits per heavy atom. The predicted octanol–water partition coefficient (Wildman–Crippen LogP) is 1.53. The van der Waals surface area contributed by atoms with Crippen molar-refractivity contribution in [3.63, 3.8) is 0 Å². The zero-order valence-electron chi connectivity index (χ0n) is 9.53. The third kappa shape index (κ3) is 2.53. The average molecular weight is 269 g/mol. The first-order chi connectivity index (χ1) is 7.23. The largest absolute Gasteiger partial charge is 0.376 e. The van der Waals surface area contributed by atoms with Gasteiger partial charge in [0.25, 0.3) is 0 Å². The Hall–Kier alpha value is 0.160. The molecule has 0 aromatic rings. The molecule has 6 heteroatoms. The van der Waals surface area contributed by atoms with Gasteiger partial charge in [-0.3, -0.25) is 0 Å². The summed E-state index contributed by atoms with van der Waals surface area (Å²) in [5.41, 5.74) is -0.354. The standard InChI is InChI=1S/C10H17ClO4S/c1-9(2)6-10(7-15-9)3-4-14-8(10)5-16(11,12)13/h8H,3-7H2,1-2H3. The molecular weight excluding hydrogens is 252 g/mol. The number of rotatable bonds is 2. The van der Waals surface area contributed by atoms with E-state index in [1.165, 1.54) is 0 Å². The van der Waals surface area contributed by atoms with E-state index >= 15 is 0 Å². The normalized spacial score (nSPS) is 38.3. The molecule has 16 heavy (non-hydrogen) atoms. The highest BCUT2D eigenvalue weighted by atomic mass is 35.7. The first kappa shape index (κ1) is 12.6. The van der Waals surface area contributed by atoms with Crippen LogP contribution in [0.4, 0.5) is 0 Å². The van der Waals surface area contributed by atoms with E-state index in [-0.39, 0.29) is 22.9 Å². The van der Waals surface area contributed by atoms with Crippen molar-refractivity contribution in [2.24, 2.45) is 5.41 Å². The van der Waals surface area contributed by atoms with Crippen molar-refractivity contribution < 1.29 is 17.9 Å². The molecule has 0 bridgehead atoms. The second kappa shape index (κ2) is 3.83. The smallest absolute Gasteiger partial charge is 0.235 e. The van der Waals surface area contributed by atoms with E-state index in [1.807, 2.05) is 13.8 Å². The van der Waals surface area contributed by atoms with Crippen LogP contribution in [-0.4, -0.2) is 39.1 Å². The third-order valence-electron chi connectivity index (χ3n) is 3.48. The van der Waals surface area contributed by atoms with Crippen LogP contribution in [-0.2, 0) is 18.5 Å². The van der Waals surface area contributed by atoms with Crippen molar-refractivity contribution in [2.75, 3.05) is 19.0 Å². The zero-order valence-corrected chi connectivity index (χ0v) is 11.1. The van der Waals surface area contributed by atoms with Crippen molar-refractivity contribution in [3.05, 3.63) is 0 Å². The van der Waals surface area contributed by atoms with E-state index in [2.05, 4.69) is 0 Å². The van der Waals surface area contributed by atoms with Gasteiger partial charge in [0.05, 0.1) is 24.1 Å². The third-order valence-corrected chi connectivity index (χ3v) is 4.56. The summed E-state index contributed by atoms with van der Waals surface area (Å²) in [7, 11) is 1.78. The molecule has 2 rings (SSSR count). The van der Waals surface area contributed by atoms with Crippen LogP contribution >= 0.6 is 10.7 Å². The predicted molar refractivity (Wildman–Crippen MR) is 61.1 cm³/mol. The number of hydrogen-bond acceptors (Lipinski definition) is 4. The van der Waals surface area contributed by atoms with E-state index in [4.69, 9.17) is 20.2 Å². The van der Waals surface area contributed by atoms with Gasteiger partial charge in [0.2, 0.25) is 9.05 Å². The molecule has 2 atom stereocenters.